The second-order valence-electron chi connectivity index (χ2n) is 6.66. The second-order valence-corrected chi connectivity index (χ2v) is 6.66. The largest absolute Gasteiger partial charge is 0.496 e. The van der Waals surface area contributed by atoms with E-state index in [-0.39, 0.29) is 17.4 Å². The average Bonchev–Trinajstić information content (AvgIpc) is 2.90. The summed E-state index contributed by atoms with van der Waals surface area (Å²) in [4.78, 5) is 25.5. The monoisotopic (exact) mass is 318 g/mol. The predicted molar refractivity (Wildman–Crippen MR) is 89.4 cm³/mol. The van der Waals surface area contributed by atoms with Crippen LogP contribution in [-0.4, -0.2) is 42.5 Å². The van der Waals surface area contributed by atoms with E-state index in [2.05, 4.69) is 5.32 Å². The molecule has 23 heavy (non-hydrogen) atoms. The molecule has 0 spiro atoms. The Balaban J connectivity index is 1.87. The van der Waals surface area contributed by atoms with Gasteiger partial charge in [-0.2, -0.15) is 0 Å². The number of carbonyl (C=O) groups is 2. The number of methoxy groups -OCH3 is 1. The zero-order valence-electron chi connectivity index (χ0n) is 14.2. The van der Waals surface area contributed by atoms with Gasteiger partial charge >= 0.3 is 0 Å². The highest BCUT2D eigenvalue weighted by Gasteiger charge is 2.24. The summed E-state index contributed by atoms with van der Waals surface area (Å²) in [5, 5.41) is 3.06. The van der Waals surface area contributed by atoms with Gasteiger partial charge in [0.25, 0.3) is 0 Å². The minimum atomic E-state index is -0.374. The van der Waals surface area contributed by atoms with Crippen molar-refractivity contribution in [3.63, 3.8) is 0 Å². The molecule has 0 aromatic heterocycles. The fourth-order valence-corrected chi connectivity index (χ4v) is 2.99. The molecular weight excluding hydrogens is 292 g/mol. The number of amides is 2. The van der Waals surface area contributed by atoms with Crippen molar-refractivity contribution in [2.24, 2.45) is 0 Å². The lowest BCUT2D eigenvalue weighted by molar-refractivity contribution is -0.128. The van der Waals surface area contributed by atoms with E-state index in [1.54, 1.807) is 12.0 Å². The minimum absolute atomic E-state index is 0.0235. The topological polar surface area (TPSA) is 58.6 Å². The van der Waals surface area contributed by atoms with Gasteiger partial charge in [0.2, 0.25) is 11.8 Å². The molecule has 1 saturated heterocycles. The summed E-state index contributed by atoms with van der Waals surface area (Å²) in [5.74, 6) is 0.966. The highest BCUT2D eigenvalue weighted by atomic mass is 16.5. The first-order valence-corrected chi connectivity index (χ1v) is 8.12. The zero-order chi connectivity index (χ0) is 16.9. The average molecular weight is 318 g/mol. The first-order valence-electron chi connectivity index (χ1n) is 8.12. The Bertz CT molecular complexity index is 569. The predicted octanol–water partition coefficient (Wildman–Crippen LogP) is 2.15. The summed E-state index contributed by atoms with van der Waals surface area (Å²) in [5.41, 5.74) is 0.691. The molecular formula is C18H26N2O3. The Labute approximate surface area is 138 Å². The molecule has 0 atom stereocenters. The summed E-state index contributed by atoms with van der Waals surface area (Å²) in [6.07, 6.45) is 2.55. The van der Waals surface area contributed by atoms with Crippen LogP contribution in [0.15, 0.2) is 24.3 Å². The summed E-state index contributed by atoms with van der Waals surface area (Å²) < 4.78 is 5.37. The third kappa shape index (κ3) is 4.98. The highest BCUT2D eigenvalue weighted by molar-refractivity contribution is 5.80. The van der Waals surface area contributed by atoms with Gasteiger partial charge in [0.15, 0.2) is 0 Å². The van der Waals surface area contributed by atoms with Crippen LogP contribution in [0.3, 0.4) is 0 Å². The molecule has 1 aliphatic heterocycles. The Morgan fingerprint density at radius 3 is 2.74 bits per heavy atom. The van der Waals surface area contributed by atoms with E-state index in [0.29, 0.717) is 25.8 Å². The van der Waals surface area contributed by atoms with E-state index in [0.717, 1.165) is 24.3 Å². The zero-order valence-corrected chi connectivity index (χ0v) is 14.2. The lowest BCUT2D eigenvalue weighted by Gasteiger charge is -2.27. The van der Waals surface area contributed by atoms with E-state index < -0.39 is 0 Å². The lowest BCUT2D eigenvalue weighted by Crippen LogP contribution is -2.46. The summed E-state index contributed by atoms with van der Waals surface area (Å²) in [6, 6.07) is 7.83. The van der Waals surface area contributed by atoms with Crippen molar-refractivity contribution >= 4 is 11.8 Å². The molecule has 0 unspecified atom stereocenters. The van der Waals surface area contributed by atoms with Crippen molar-refractivity contribution in [2.45, 2.75) is 45.1 Å². The van der Waals surface area contributed by atoms with Crippen molar-refractivity contribution in [1.82, 2.24) is 10.2 Å². The fourth-order valence-electron chi connectivity index (χ4n) is 2.99. The minimum Gasteiger partial charge on any atom is -0.496 e. The standard InChI is InChI=1S/C18H26N2O3/c1-18(2,13-14-7-4-5-8-15(14)23-3)19-16(21)10-12-20-11-6-9-17(20)22/h4-5,7-8H,6,9-13H2,1-3H3,(H,19,21). The molecule has 0 bridgehead atoms. The van der Waals surface area contributed by atoms with Gasteiger partial charge in [-0.05, 0) is 38.3 Å². The Hall–Kier alpha value is -2.04. The molecule has 2 amide bonds. The smallest absolute Gasteiger partial charge is 0.222 e. The van der Waals surface area contributed by atoms with Gasteiger partial charge in [0.05, 0.1) is 7.11 Å². The van der Waals surface area contributed by atoms with Crippen LogP contribution in [0.5, 0.6) is 5.75 Å². The van der Waals surface area contributed by atoms with Crippen molar-refractivity contribution < 1.29 is 14.3 Å². The third-order valence-electron chi connectivity index (χ3n) is 4.08. The molecule has 2 rings (SSSR count). The van der Waals surface area contributed by atoms with Crippen molar-refractivity contribution in [3.05, 3.63) is 29.8 Å². The molecule has 5 nitrogen and oxygen atoms in total. The summed E-state index contributed by atoms with van der Waals surface area (Å²) in [7, 11) is 1.65. The molecule has 1 heterocycles. The first kappa shape index (κ1) is 17.3. The van der Waals surface area contributed by atoms with Crippen LogP contribution in [0.25, 0.3) is 0 Å². The second kappa shape index (κ2) is 7.49. The van der Waals surface area contributed by atoms with E-state index in [9.17, 15) is 9.59 Å². The van der Waals surface area contributed by atoms with Gasteiger partial charge < -0.3 is 15.0 Å². The number of rotatable bonds is 7. The van der Waals surface area contributed by atoms with Crippen LogP contribution in [0.4, 0.5) is 0 Å². The fraction of sp³-hybridized carbons (Fsp3) is 0.556. The molecule has 0 radical (unpaired) electrons. The SMILES string of the molecule is COc1ccccc1CC(C)(C)NC(=O)CCN1CCCC1=O. The molecule has 0 saturated carbocycles. The van der Waals surface area contributed by atoms with E-state index in [1.807, 2.05) is 38.1 Å². The lowest BCUT2D eigenvalue weighted by atomic mass is 9.94. The Morgan fingerprint density at radius 2 is 2.09 bits per heavy atom. The molecule has 1 fully saturated rings. The Kier molecular flexibility index (Phi) is 5.64. The maximum absolute atomic E-state index is 12.2. The van der Waals surface area contributed by atoms with Crippen LogP contribution in [0.2, 0.25) is 0 Å². The number of nitrogens with one attached hydrogen (secondary N) is 1. The van der Waals surface area contributed by atoms with E-state index >= 15 is 0 Å². The van der Waals surface area contributed by atoms with Gasteiger partial charge in [-0.3, -0.25) is 9.59 Å². The molecule has 1 aliphatic rings. The number of ether oxygens (including phenoxy) is 1. The summed E-state index contributed by atoms with van der Waals surface area (Å²) in [6.45, 7) is 5.28. The van der Waals surface area contributed by atoms with Crippen LogP contribution < -0.4 is 10.1 Å². The van der Waals surface area contributed by atoms with Gasteiger partial charge in [-0.15, -0.1) is 0 Å². The molecule has 1 N–H and O–H groups in total. The molecule has 1 aromatic carbocycles. The number of likely N-dealkylation sites (tertiary alicyclic amines) is 1. The van der Waals surface area contributed by atoms with E-state index in [4.69, 9.17) is 4.74 Å². The van der Waals surface area contributed by atoms with E-state index in [1.165, 1.54) is 0 Å². The van der Waals surface area contributed by atoms with Crippen LogP contribution >= 0.6 is 0 Å². The van der Waals surface area contributed by atoms with Gasteiger partial charge in [0.1, 0.15) is 5.75 Å². The highest BCUT2D eigenvalue weighted by Crippen LogP contribution is 2.22. The Morgan fingerprint density at radius 1 is 1.35 bits per heavy atom. The van der Waals surface area contributed by atoms with Crippen molar-refractivity contribution in [1.29, 1.82) is 0 Å². The van der Waals surface area contributed by atoms with Crippen molar-refractivity contribution in [2.75, 3.05) is 20.2 Å². The molecule has 5 heteroatoms. The van der Waals surface area contributed by atoms with Gasteiger partial charge in [-0.25, -0.2) is 0 Å². The number of hydrogen-bond acceptors (Lipinski definition) is 3. The van der Waals surface area contributed by atoms with Crippen molar-refractivity contribution in [3.8, 4) is 5.75 Å². The van der Waals surface area contributed by atoms with Crippen LogP contribution in [-0.2, 0) is 16.0 Å². The van der Waals surface area contributed by atoms with Crippen LogP contribution in [0.1, 0.15) is 38.7 Å². The normalized spacial score (nSPS) is 14.9. The number of hydrogen-bond donors (Lipinski definition) is 1. The number of carbonyl (C=O) groups excluding carboxylic acids is 2. The first-order chi connectivity index (χ1) is 10.9. The van der Waals surface area contributed by atoms with Gasteiger partial charge in [-0.1, -0.05) is 18.2 Å². The maximum atomic E-state index is 12.2. The molecule has 126 valence electrons. The van der Waals surface area contributed by atoms with Gasteiger partial charge in [0, 0.05) is 31.5 Å². The third-order valence-corrected chi connectivity index (χ3v) is 4.08. The maximum Gasteiger partial charge on any atom is 0.222 e. The number of para-hydroxylation sites is 1. The number of benzene rings is 1. The number of nitrogens with zero attached hydrogens (tertiary/aromatic N) is 1. The molecule has 0 aliphatic carbocycles. The quantitative estimate of drug-likeness (QED) is 0.838. The van der Waals surface area contributed by atoms with Crippen LogP contribution in [0, 0.1) is 0 Å². The molecule has 1 aromatic rings. The summed E-state index contributed by atoms with van der Waals surface area (Å²) >= 11 is 0.